The third-order valence-electron chi connectivity index (χ3n) is 4.27. The highest BCUT2D eigenvalue weighted by Gasteiger charge is 2.24. The number of ether oxygens (including phenoxy) is 4. The van der Waals surface area contributed by atoms with Crippen LogP contribution in [0.25, 0.3) is 11.5 Å². The zero-order valence-corrected chi connectivity index (χ0v) is 19.4. The molecule has 0 aliphatic heterocycles. The van der Waals surface area contributed by atoms with Gasteiger partial charge in [-0.2, -0.15) is 5.26 Å². The smallest absolute Gasteiger partial charge is 0.348 e. The first kappa shape index (κ1) is 23.2. The van der Waals surface area contributed by atoms with E-state index in [0.29, 0.717) is 28.4 Å². The van der Waals surface area contributed by atoms with Crippen molar-refractivity contribution in [2.75, 3.05) is 33.7 Å². The van der Waals surface area contributed by atoms with E-state index in [1.54, 1.807) is 19.1 Å². The maximum Gasteiger partial charge on any atom is 0.348 e. The number of thiophene rings is 1. The van der Waals surface area contributed by atoms with Gasteiger partial charge in [0.25, 0.3) is 5.22 Å². The molecule has 0 amide bonds. The van der Waals surface area contributed by atoms with Gasteiger partial charge < -0.3 is 29.1 Å². The maximum absolute atomic E-state index is 12.2. The summed E-state index contributed by atoms with van der Waals surface area (Å²) in [5.41, 5.74) is 7.20. The highest BCUT2D eigenvalue weighted by Crippen LogP contribution is 2.41. The number of methoxy groups -OCH3 is 3. The van der Waals surface area contributed by atoms with E-state index in [-0.39, 0.29) is 38.9 Å². The number of hydrogen-bond donors (Lipinski definition) is 1. The number of aromatic nitrogens is 2. The largest absolute Gasteiger partial charge is 0.493 e. The van der Waals surface area contributed by atoms with Gasteiger partial charge in [-0.15, -0.1) is 21.5 Å². The summed E-state index contributed by atoms with van der Waals surface area (Å²) in [5, 5.41) is 18.1. The second-order valence-corrected chi connectivity index (χ2v) is 8.04. The first-order valence-electron chi connectivity index (χ1n) is 9.22. The summed E-state index contributed by atoms with van der Waals surface area (Å²) in [5.74, 6) is 1.27. The molecule has 3 rings (SSSR count). The average Bonchev–Trinajstić information content (AvgIpc) is 3.40. The van der Waals surface area contributed by atoms with Crippen LogP contribution in [0.1, 0.15) is 27.7 Å². The van der Waals surface area contributed by atoms with Gasteiger partial charge in [0.2, 0.25) is 11.6 Å². The van der Waals surface area contributed by atoms with E-state index in [0.717, 1.165) is 11.3 Å². The fraction of sp³-hybridized carbons (Fsp3) is 0.300. The minimum Gasteiger partial charge on any atom is -0.493 e. The summed E-state index contributed by atoms with van der Waals surface area (Å²) in [6, 6.07) is 5.42. The molecule has 12 heteroatoms. The predicted molar refractivity (Wildman–Crippen MR) is 118 cm³/mol. The standard InChI is InChI=1S/C20H20N4O6S2/c1-5-29-19(25)16-12(11(8-21)17(22)32-16)9-31-20-24-23-18(30-20)10-6-13(26-2)15(28-4)14(7-10)27-3/h6-7H,5,9,22H2,1-4H3. The number of nitrogen functional groups attached to an aromatic ring is 1. The Hall–Kier alpha value is -3.43. The molecule has 10 nitrogen and oxygen atoms in total. The van der Waals surface area contributed by atoms with Crippen LogP contribution in [-0.2, 0) is 10.5 Å². The van der Waals surface area contributed by atoms with Crippen molar-refractivity contribution in [3.63, 3.8) is 0 Å². The van der Waals surface area contributed by atoms with E-state index in [1.807, 2.05) is 6.07 Å². The summed E-state index contributed by atoms with van der Waals surface area (Å²) >= 11 is 2.20. The van der Waals surface area contributed by atoms with Gasteiger partial charge in [-0.1, -0.05) is 11.8 Å². The van der Waals surface area contributed by atoms with E-state index in [9.17, 15) is 10.1 Å². The summed E-state index contributed by atoms with van der Waals surface area (Å²) in [7, 11) is 4.53. The molecule has 0 fully saturated rings. The van der Waals surface area contributed by atoms with Crippen LogP contribution < -0.4 is 19.9 Å². The van der Waals surface area contributed by atoms with Crippen LogP contribution in [0.5, 0.6) is 17.2 Å². The van der Waals surface area contributed by atoms with E-state index < -0.39 is 5.97 Å². The highest BCUT2D eigenvalue weighted by atomic mass is 32.2. The van der Waals surface area contributed by atoms with Crippen molar-refractivity contribution in [2.45, 2.75) is 17.9 Å². The SMILES string of the molecule is CCOC(=O)c1sc(N)c(C#N)c1CSc1nnc(-c2cc(OC)c(OC)c(OC)c2)o1. The molecule has 168 valence electrons. The number of carbonyl (C=O) groups is 1. The molecule has 0 saturated carbocycles. The average molecular weight is 477 g/mol. The molecule has 0 saturated heterocycles. The van der Waals surface area contributed by atoms with Gasteiger partial charge in [0.05, 0.1) is 33.5 Å². The molecule has 3 aromatic rings. The molecule has 1 aromatic carbocycles. The number of benzene rings is 1. The van der Waals surface area contributed by atoms with Crippen molar-refractivity contribution in [1.29, 1.82) is 5.26 Å². The lowest BCUT2D eigenvalue weighted by Crippen LogP contribution is -2.05. The Morgan fingerprint density at radius 1 is 1.22 bits per heavy atom. The van der Waals surface area contributed by atoms with Gasteiger partial charge in [0.15, 0.2) is 11.5 Å². The summed E-state index contributed by atoms with van der Waals surface area (Å²) in [6.45, 7) is 1.92. The highest BCUT2D eigenvalue weighted by molar-refractivity contribution is 7.98. The van der Waals surface area contributed by atoms with Crippen molar-refractivity contribution in [3.05, 3.63) is 28.1 Å². The van der Waals surface area contributed by atoms with Crippen molar-refractivity contribution >= 4 is 34.1 Å². The molecule has 2 N–H and O–H groups in total. The minimum absolute atomic E-state index is 0.215. The Bertz CT molecular complexity index is 1140. The van der Waals surface area contributed by atoms with E-state index >= 15 is 0 Å². The van der Waals surface area contributed by atoms with Crippen LogP contribution in [0.4, 0.5) is 5.00 Å². The van der Waals surface area contributed by atoms with Crippen LogP contribution in [0.2, 0.25) is 0 Å². The Labute approximate surface area is 192 Å². The monoisotopic (exact) mass is 476 g/mol. The number of nitrogens with two attached hydrogens (primary N) is 1. The molecule has 0 unspecified atom stereocenters. The number of thioether (sulfide) groups is 1. The lowest BCUT2D eigenvalue weighted by atomic mass is 10.2. The van der Waals surface area contributed by atoms with Crippen molar-refractivity contribution < 1.29 is 28.2 Å². The number of rotatable bonds is 9. The van der Waals surface area contributed by atoms with Crippen LogP contribution in [-0.4, -0.2) is 44.1 Å². The molecule has 0 atom stereocenters. The molecule has 32 heavy (non-hydrogen) atoms. The Balaban J connectivity index is 1.86. The molecule has 0 aliphatic rings. The molecular weight excluding hydrogens is 456 g/mol. The molecule has 0 aliphatic carbocycles. The maximum atomic E-state index is 12.2. The first-order chi connectivity index (χ1) is 15.5. The number of nitriles is 1. The lowest BCUT2D eigenvalue weighted by Gasteiger charge is -2.12. The van der Waals surface area contributed by atoms with Gasteiger partial charge in [-0.05, 0) is 19.1 Å². The summed E-state index contributed by atoms with van der Waals surface area (Å²) in [4.78, 5) is 12.5. The Morgan fingerprint density at radius 3 is 2.47 bits per heavy atom. The van der Waals surface area contributed by atoms with Gasteiger partial charge in [0.1, 0.15) is 15.9 Å². The molecule has 0 radical (unpaired) electrons. The zero-order valence-electron chi connectivity index (χ0n) is 17.8. The van der Waals surface area contributed by atoms with Crippen LogP contribution in [0.15, 0.2) is 21.8 Å². The molecular formula is C20H20N4O6S2. The predicted octanol–water partition coefficient (Wildman–Crippen LogP) is 3.75. The zero-order chi connectivity index (χ0) is 23.3. The number of carbonyl (C=O) groups excluding carboxylic acids is 1. The van der Waals surface area contributed by atoms with Gasteiger partial charge in [-0.25, -0.2) is 4.79 Å². The second-order valence-electron chi connectivity index (χ2n) is 6.06. The van der Waals surface area contributed by atoms with Crippen molar-refractivity contribution in [1.82, 2.24) is 10.2 Å². The minimum atomic E-state index is -0.523. The van der Waals surface area contributed by atoms with Gasteiger partial charge >= 0.3 is 5.97 Å². The summed E-state index contributed by atoms with van der Waals surface area (Å²) < 4.78 is 26.8. The molecule has 2 aromatic heterocycles. The van der Waals surface area contributed by atoms with Crippen LogP contribution >= 0.6 is 23.1 Å². The van der Waals surface area contributed by atoms with Crippen LogP contribution in [0, 0.1) is 11.3 Å². The molecule has 0 bridgehead atoms. The Morgan fingerprint density at radius 2 is 1.91 bits per heavy atom. The summed E-state index contributed by atoms with van der Waals surface area (Å²) in [6.07, 6.45) is 0. The number of nitrogens with zero attached hydrogens (tertiary/aromatic N) is 3. The van der Waals surface area contributed by atoms with Crippen molar-refractivity contribution in [2.24, 2.45) is 0 Å². The molecule has 0 spiro atoms. The lowest BCUT2D eigenvalue weighted by molar-refractivity contribution is 0.0531. The number of anilines is 1. The van der Waals surface area contributed by atoms with Gasteiger partial charge in [-0.3, -0.25) is 0 Å². The normalized spacial score (nSPS) is 10.5. The second kappa shape index (κ2) is 10.3. The number of esters is 1. The van der Waals surface area contributed by atoms with E-state index in [1.165, 1.54) is 33.1 Å². The van der Waals surface area contributed by atoms with Gasteiger partial charge in [0, 0.05) is 16.9 Å². The van der Waals surface area contributed by atoms with Crippen molar-refractivity contribution in [3.8, 4) is 34.8 Å². The third kappa shape index (κ3) is 4.58. The van der Waals surface area contributed by atoms with E-state index in [4.69, 9.17) is 29.1 Å². The molecule has 2 heterocycles. The fourth-order valence-electron chi connectivity index (χ4n) is 2.83. The van der Waals surface area contributed by atoms with Crippen LogP contribution in [0.3, 0.4) is 0 Å². The quantitative estimate of drug-likeness (QED) is 0.356. The van der Waals surface area contributed by atoms with E-state index in [2.05, 4.69) is 10.2 Å². The fourth-order valence-corrected chi connectivity index (χ4v) is 4.64. The first-order valence-corrected chi connectivity index (χ1v) is 11.0. The Kier molecular flexibility index (Phi) is 7.45. The topological polar surface area (TPSA) is 143 Å². The third-order valence-corrected chi connectivity index (χ3v) is 6.15. The number of hydrogen-bond acceptors (Lipinski definition) is 12.